The number of aromatic nitrogens is 2. The van der Waals surface area contributed by atoms with E-state index in [1.54, 1.807) is 28.6 Å². The molecule has 6 rings (SSSR count). The van der Waals surface area contributed by atoms with E-state index < -0.39 is 10.0 Å². The number of anilines is 1. The third-order valence-electron chi connectivity index (χ3n) is 7.82. The van der Waals surface area contributed by atoms with Gasteiger partial charge in [0.1, 0.15) is 5.82 Å². The Balaban J connectivity index is 1.09. The van der Waals surface area contributed by atoms with Crippen molar-refractivity contribution in [1.82, 2.24) is 14.3 Å². The number of hydrogen-bond donors (Lipinski definition) is 2. The van der Waals surface area contributed by atoms with E-state index in [-0.39, 0.29) is 29.1 Å². The molecule has 2 N–H and O–H groups in total. The molecular weight excluding hydrogens is 532 g/mol. The van der Waals surface area contributed by atoms with Crippen molar-refractivity contribution in [2.75, 3.05) is 18.4 Å². The number of fused-ring (bicyclic) bond motifs is 1. The number of amides is 1. The van der Waals surface area contributed by atoms with Crippen molar-refractivity contribution in [3.05, 3.63) is 126 Å². The van der Waals surface area contributed by atoms with Gasteiger partial charge in [-0.2, -0.15) is 4.31 Å². The van der Waals surface area contributed by atoms with Crippen molar-refractivity contribution >= 4 is 32.7 Å². The molecule has 0 unspecified atom stereocenters. The number of nitrogens with zero attached hydrogens (tertiary/aromatic N) is 2. The van der Waals surface area contributed by atoms with Gasteiger partial charge in [-0.05, 0) is 60.4 Å². The van der Waals surface area contributed by atoms with Crippen LogP contribution < -0.4 is 5.32 Å². The molecule has 208 valence electrons. The Morgan fingerprint density at radius 3 is 2.02 bits per heavy atom. The summed E-state index contributed by atoms with van der Waals surface area (Å²) in [6.45, 7) is 0.867. The van der Waals surface area contributed by atoms with E-state index in [1.807, 2.05) is 84.9 Å². The number of rotatable bonds is 8. The fourth-order valence-corrected chi connectivity index (χ4v) is 7.06. The molecule has 0 spiro atoms. The molecule has 1 aliphatic rings. The van der Waals surface area contributed by atoms with Crippen LogP contribution in [0.1, 0.15) is 48.0 Å². The third-order valence-corrected chi connectivity index (χ3v) is 9.73. The summed E-state index contributed by atoms with van der Waals surface area (Å²) in [7, 11) is -3.64. The fraction of sp³-hybridized carbons (Fsp3) is 0.212. The second-order valence-electron chi connectivity index (χ2n) is 10.5. The highest BCUT2D eigenvalue weighted by Gasteiger charge is 2.31. The molecule has 2 heterocycles. The lowest BCUT2D eigenvalue weighted by Crippen LogP contribution is -2.38. The van der Waals surface area contributed by atoms with Crippen LogP contribution in [-0.2, 0) is 14.8 Å². The molecule has 1 aliphatic heterocycles. The molecule has 7 nitrogen and oxygen atoms in total. The number of sulfonamides is 1. The summed E-state index contributed by atoms with van der Waals surface area (Å²) in [5, 5.41) is 2.95. The summed E-state index contributed by atoms with van der Waals surface area (Å²) < 4.78 is 28.3. The van der Waals surface area contributed by atoms with Gasteiger partial charge in [0.25, 0.3) is 0 Å². The smallest absolute Gasteiger partial charge is 0.243 e. The van der Waals surface area contributed by atoms with Gasteiger partial charge in [0.15, 0.2) is 0 Å². The summed E-state index contributed by atoms with van der Waals surface area (Å²) >= 11 is 0. The predicted molar refractivity (Wildman–Crippen MR) is 161 cm³/mol. The molecule has 41 heavy (non-hydrogen) atoms. The number of H-pyrrole nitrogens is 1. The summed E-state index contributed by atoms with van der Waals surface area (Å²) in [6.07, 6.45) is 1.68. The van der Waals surface area contributed by atoms with Gasteiger partial charge in [-0.15, -0.1) is 0 Å². The molecule has 4 aromatic carbocycles. The third kappa shape index (κ3) is 5.94. The van der Waals surface area contributed by atoms with Crippen molar-refractivity contribution in [1.29, 1.82) is 0 Å². The first kappa shape index (κ1) is 26.9. The van der Waals surface area contributed by atoms with Crippen molar-refractivity contribution in [2.24, 2.45) is 0 Å². The molecule has 1 fully saturated rings. The number of carbonyl (C=O) groups excluding carboxylic acids is 1. The number of aromatic amines is 1. The van der Waals surface area contributed by atoms with E-state index in [2.05, 4.69) is 10.3 Å². The summed E-state index contributed by atoms with van der Waals surface area (Å²) in [5.41, 5.74) is 4.64. The Kier molecular flexibility index (Phi) is 7.67. The highest BCUT2D eigenvalue weighted by molar-refractivity contribution is 7.89. The average molecular weight is 565 g/mol. The maximum atomic E-state index is 13.4. The van der Waals surface area contributed by atoms with Crippen LogP contribution in [0.2, 0.25) is 0 Å². The van der Waals surface area contributed by atoms with Gasteiger partial charge >= 0.3 is 0 Å². The van der Waals surface area contributed by atoms with Gasteiger partial charge in [-0.1, -0.05) is 72.8 Å². The minimum atomic E-state index is -3.64. The SMILES string of the molecule is O=C(CC(c1ccccc1)c1ccccc1)Nc1ccc(S(=O)(=O)N2CCC(c3nc4ccccc4[nH]3)CC2)cc1. The zero-order valence-electron chi connectivity index (χ0n) is 22.6. The molecule has 0 saturated carbocycles. The quantitative estimate of drug-likeness (QED) is 0.232. The van der Waals surface area contributed by atoms with Gasteiger partial charge in [0, 0.05) is 37.0 Å². The highest BCUT2D eigenvalue weighted by Crippen LogP contribution is 2.31. The molecule has 1 amide bonds. The minimum Gasteiger partial charge on any atom is -0.342 e. The molecule has 0 aliphatic carbocycles. The summed E-state index contributed by atoms with van der Waals surface area (Å²) in [6, 6.07) is 34.3. The van der Waals surface area contributed by atoms with Crippen LogP contribution >= 0.6 is 0 Å². The number of carbonyl (C=O) groups is 1. The lowest BCUT2D eigenvalue weighted by atomic mass is 9.88. The lowest BCUT2D eigenvalue weighted by molar-refractivity contribution is -0.116. The van der Waals surface area contributed by atoms with Crippen molar-refractivity contribution < 1.29 is 13.2 Å². The number of para-hydroxylation sites is 2. The van der Waals surface area contributed by atoms with Crippen molar-refractivity contribution in [3.63, 3.8) is 0 Å². The average Bonchev–Trinajstić information content (AvgIpc) is 3.46. The van der Waals surface area contributed by atoms with Crippen LogP contribution in [0.25, 0.3) is 11.0 Å². The monoisotopic (exact) mass is 564 g/mol. The van der Waals surface area contributed by atoms with Gasteiger partial charge in [-0.3, -0.25) is 4.79 Å². The van der Waals surface area contributed by atoms with E-state index in [1.165, 1.54) is 0 Å². The van der Waals surface area contributed by atoms with Gasteiger partial charge in [-0.25, -0.2) is 13.4 Å². The van der Waals surface area contributed by atoms with E-state index in [0.29, 0.717) is 31.6 Å². The van der Waals surface area contributed by atoms with Gasteiger partial charge in [0.05, 0.1) is 15.9 Å². The Hall–Kier alpha value is -4.27. The Labute approximate surface area is 240 Å². The van der Waals surface area contributed by atoms with E-state index in [0.717, 1.165) is 28.0 Å². The Bertz CT molecular complexity index is 1660. The topological polar surface area (TPSA) is 95.2 Å². The van der Waals surface area contributed by atoms with Gasteiger partial charge in [0.2, 0.25) is 15.9 Å². The van der Waals surface area contributed by atoms with Crippen LogP contribution in [0, 0.1) is 0 Å². The maximum absolute atomic E-state index is 13.4. The Morgan fingerprint density at radius 1 is 0.829 bits per heavy atom. The molecule has 0 bridgehead atoms. The number of nitrogens with one attached hydrogen (secondary N) is 2. The first-order valence-electron chi connectivity index (χ1n) is 13.9. The maximum Gasteiger partial charge on any atom is 0.243 e. The van der Waals surface area contributed by atoms with E-state index in [4.69, 9.17) is 4.98 Å². The van der Waals surface area contributed by atoms with Crippen LogP contribution in [0.4, 0.5) is 5.69 Å². The molecule has 5 aromatic rings. The first-order chi connectivity index (χ1) is 20.0. The number of imidazole rings is 1. The van der Waals surface area contributed by atoms with Gasteiger partial charge < -0.3 is 10.3 Å². The summed E-state index contributed by atoms with van der Waals surface area (Å²) in [4.78, 5) is 21.4. The van der Waals surface area contributed by atoms with E-state index in [9.17, 15) is 13.2 Å². The zero-order valence-corrected chi connectivity index (χ0v) is 23.4. The number of piperidine rings is 1. The predicted octanol–water partition coefficient (Wildman–Crippen LogP) is 6.29. The molecule has 1 saturated heterocycles. The second kappa shape index (κ2) is 11.7. The standard InChI is InChI=1S/C33H32N4O3S/c38-32(23-29(24-9-3-1-4-10-24)25-11-5-2-6-12-25)34-27-15-17-28(18-16-27)41(39,40)37-21-19-26(20-22-37)33-35-30-13-7-8-14-31(30)36-33/h1-18,26,29H,19-23H2,(H,34,38)(H,35,36). The first-order valence-corrected chi connectivity index (χ1v) is 15.4. The Morgan fingerprint density at radius 2 is 1.41 bits per heavy atom. The van der Waals surface area contributed by atoms with Crippen LogP contribution in [0.5, 0.6) is 0 Å². The normalized spacial score (nSPS) is 14.9. The zero-order chi connectivity index (χ0) is 28.2. The van der Waals surface area contributed by atoms with Crippen LogP contribution in [0.15, 0.2) is 114 Å². The van der Waals surface area contributed by atoms with Crippen LogP contribution in [0.3, 0.4) is 0 Å². The molecule has 0 atom stereocenters. The minimum absolute atomic E-state index is 0.0838. The van der Waals surface area contributed by atoms with Crippen molar-refractivity contribution in [3.8, 4) is 0 Å². The number of benzene rings is 4. The lowest BCUT2D eigenvalue weighted by Gasteiger charge is -2.30. The largest absolute Gasteiger partial charge is 0.342 e. The summed E-state index contributed by atoms with van der Waals surface area (Å²) in [5.74, 6) is 0.901. The van der Waals surface area contributed by atoms with E-state index >= 15 is 0 Å². The second-order valence-corrected chi connectivity index (χ2v) is 12.4. The fourth-order valence-electron chi connectivity index (χ4n) is 5.59. The molecule has 0 radical (unpaired) electrons. The molecule has 8 heteroatoms. The molecule has 1 aromatic heterocycles. The molecular formula is C33H32N4O3S. The highest BCUT2D eigenvalue weighted by atomic mass is 32.2. The van der Waals surface area contributed by atoms with Crippen molar-refractivity contribution in [2.45, 2.75) is 36.0 Å². The van der Waals surface area contributed by atoms with Crippen LogP contribution in [-0.4, -0.2) is 41.7 Å². The number of hydrogen-bond acceptors (Lipinski definition) is 4.